The van der Waals surface area contributed by atoms with Crippen molar-refractivity contribution < 1.29 is 9.53 Å². The predicted molar refractivity (Wildman–Crippen MR) is 90.6 cm³/mol. The highest BCUT2D eigenvalue weighted by atomic mass is 16.5. The van der Waals surface area contributed by atoms with Crippen LogP contribution in [0, 0.1) is 11.3 Å². The minimum atomic E-state index is -0.302. The van der Waals surface area contributed by atoms with Crippen molar-refractivity contribution in [1.29, 1.82) is 0 Å². The van der Waals surface area contributed by atoms with Crippen LogP contribution in [-0.4, -0.2) is 25.3 Å². The van der Waals surface area contributed by atoms with Crippen molar-refractivity contribution in [3.63, 3.8) is 0 Å². The lowest BCUT2D eigenvalue weighted by molar-refractivity contribution is 0.0600. The molecule has 0 atom stereocenters. The molecule has 120 valence electrons. The van der Waals surface area contributed by atoms with E-state index in [0.717, 1.165) is 11.5 Å². The number of ether oxygens (including phenoxy) is 1. The third-order valence-electron chi connectivity index (χ3n) is 4.69. The van der Waals surface area contributed by atoms with Crippen LogP contribution in [0.25, 0.3) is 0 Å². The lowest BCUT2D eigenvalue weighted by atomic mass is 9.71. The number of esters is 1. The molecule has 1 saturated carbocycles. The van der Waals surface area contributed by atoms with Gasteiger partial charge in [-0.1, -0.05) is 32.9 Å². The first-order chi connectivity index (χ1) is 10.4. The van der Waals surface area contributed by atoms with Gasteiger partial charge in [-0.3, -0.25) is 4.99 Å². The highest BCUT2D eigenvalue weighted by molar-refractivity contribution is 5.90. The van der Waals surface area contributed by atoms with Gasteiger partial charge in [-0.15, -0.1) is 0 Å². The number of carbonyl (C=O) groups is 1. The first-order valence-electron chi connectivity index (χ1n) is 8.11. The largest absolute Gasteiger partial charge is 0.465 e. The molecule has 0 amide bonds. The number of hydrogen-bond donors (Lipinski definition) is 0. The van der Waals surface area contributed by atoms with E-state index < -0.39 is 0 Å². The molecule has 22 heavy (non-hydrogen) atoms. The molecule has 1 fully saturated rings. The molecule has 2 rings (SSSR count). The number of rotatable bonds is 3. The molecular weight excluding hydrogens is 274 g/mol. The maximum Gasteiger partial charge on any atom is 0.337 e. The summed E-state index contributed by atoms with van der Waals surface area (Å²) in [5.74, 6) is 0.516. The van der Waals surface area contributed by atoms with Gasteiger partial charge in [-0.25, -0.2) is 4.79 Å². The van der Waals surface area contributed by atoms with E-state index >= 15 is 0 Å². The summed E-state index contributed by atoms with van der Waals surface area (Å²) in [6.07, 6.45) is 6.83. The van der Waals surface area contributed by atoms with Crippen LogP contribution in [0.4, 0.5) is 0 Å². The molecule has 3 nitrogen and oxygen atoms in total. The Balaban J connectivity index is 1.89. The van der Waals surface area contributed by atoms with E-state index in [0.29, 0.717) is 17.0 Å². The number of hydrogen-bond acceptors (Lipinski definition) is 3. The van der Waals surface area contributed by atoms with Crippen LogP contribution in [0.3, 0.4) is 0 Å². The van der Waals surface area contributed by atoms with Gasteiger partial charge in [0.2, 0.25) is 0 Å². The Morgan fingerprint density at radius 1 is 1.14 bits per heavy atom. The zero-order valence-electron chi connectivity index (χ0n) is 14.1. The van der Waals surface area contributed by atoms with Gasteiger partial charge in [0.15, 0.2) is 0 Å². The van der Waals surface area contributed by atoms with E-state index in [-0.39, 0.29) is 5.97 Å². The zero-order valence-corrected chi connectivity index (χ0v) is 14.1. The van der Waals surface area contributed by atoms with Crippen molar-refractivity contribution in [2.45, 2.75) is 52.5 Å². The summed E-state index contributed by atoms with van der Waals surface area (Å²) in [7, 11) is 1.39. The van der Waals surface area contributed by atoms with Crippen LogP contribution in [0.2, 0.25) is 0 Å². The molecule has 0 spiro atoms. The normalized spacial score (nSPS) is 22.7. The van der Waals surface area contributed by atoms with Crippen LogP contribution in [0.1, 0.15) is 62.4 Å². The third kappa shape index (κ3) is 4.43. The Labute approximate surface area is 133 Å². The minimum absolute atomic E-state index is 0.302. The highest BCUT2D eigenvalue weighted by Crippen LogP contribution is 2.38. The fourth-order valence-corrected chi connectivity index (χ4v) is 3.11. The van der Waals surface area contributed by atoms with Crippen LogP contribution >= 0.6 is 0 Å². The molecule has 0 aromatic heterocycles. The first-order valence-corrected chi connectivity index (χ1v) is 8.11. The van der Waals surface area contributed by atoms with Gasteiger partial charge < -0.3 is 4.74 Å². The topological polar surface area (TPSA) is 38.7 Å². The molecule has 0 bridgehead atoms. The monoisotopic (exact) mass is 301 g/mol. The molecule has 0 aliphatic heterocycles. The fraction of sp³-hybridized carbons (Fsp3) is 0.579. The second-order valence-electron chi connectivity index (χ2n) is 7.26. The van der Waals surface area contributed by atoms with Gasteiger partial charge in [-0.2, -0.15) is 0 Å². The molecule has 1 aliphatic rings. The molecule has 1 aromatic carbocycles. The van der Waals surface area contributed by atoms with Gasteiger partial charge in [0.25, 0.3) is 0 Å². The van der Waals surface area contributed by atoms with E-state index in [2.05, 4.69) is 20.8 Å². The highest BCUT2D eigenvalue weighted by Gasteiger charge is 2.29. The minimum Gasteiger partial charge on any atom is -0.465 e. The summed E-state index contributed by atoms with van der Waals surface area (Å²) in [5.41, 5.74) is 2.02. The SMILES string of the molecule is COC(=O)c1ccc(C=NC2CCC(C(C)(C)C)CC2)cc1. The Hall–Kier alpha value is -1.64. The van der Waals surface area contributed by atoms with E-state index in [1.165, 1.54) is 32.8 Å². The fourth-order valence-electron chi connectivity index (χ4n) is 3.11. The van der Waals surface area contributed by atoms with Crippen molar-refractivity contribution in [2.24, 2.45) is 16.3 Å². The van der Waals surface area contributed by atoms with Crippen LogP contribution in [0.15, 0.2) is 29.3 Å². The second-order valence-corrected chi connectivity index (χ2v) is 7.26. The molecule has 0 radical (unpaired) electrons. The predicted octanol–water partition coefficient (Wildman–Crippen LogP) is 4.50. The summed E-state index contributed by atoms with van der Waals surface area (Å²) >= 11 is 0. The van der Waals surface area contributed by atoms with Crippen LogP contribution < -0.4 is 0 Å². The summed E-state index contributed by atoms with van der Waals surface area (Å²) in [5, 5.41) is 0. The van der Waals surface area contributed by atoms with Crippen molar-refractivity contribution in [3.05, 3.63) is 35.4 Å². The lowest BCUT2D eigenvalue weighted by Gasteiger charge is -2.35. The molecule has 1 aromatic rings. The van der Waals surface area contributed by atoms with Gasteiger partial charge in [0, 0.05) is 12.3 Å². The Morgan fingerprint density at radius 3 is 2.23 bits per heavy atom. The summed E-state index contributed by atoms with van der Waals surface area (Å²) in [4.78, 5) is 16.1. The quantitative estimate of drug-likeness (QED) is 0.609. The van der Waals surface area contributed by atoms with Gasteiger partial charge >= 0.3 is 5.97 Å². The van der Waals surface area contributed by atoms with E-state index in [4.69, 9.17) is 9.73 Å². The summed E-state index contributed by atoms with van der Waals surface area (Å²) < 4.78 is 4.70. The van der Waals surface area contributed by atoms with E-state index in [1.807, 2.05) is 18.3 Å². The van der Waals surface area contributed by atoms with Gasteiger partial charge in [0.05, 0.1) is 12.7 Å². The molecule has 0 unspecified atom stereocenters. The van der Waals surface area contributed by atoms with E-state index in [9.17, 15) is 4.79 Å². The van der Waals surface area contributed by atoms with Crippen molar-refractivity contribution in [3.8, 4) is 0 Å². The van der Waals surface area contributed by atoms with Gasteiger partial charge in [-0.05, 0) is 54.7 Å². The zero-order chi connectivity index (χ0) is 16.2. The lowest BCUT2D eigenvalue weighted by Crippen LogP contribution is -2.27. The molecule has 1 aliphatic carbocycles. The average molecular weight is 301 g/mol. The molecular formula is C19H27NO2. The maximum absolute atomic E-state index is 11.4. The van der Waals surface area contributed by atoms with Crippen LogP contribution in [0.5, 0.6) is 0 Å². The molecule has 0 N–H and O–H groups in total. The Bertz CT molecular complexity index is 517. The summed E-state index contributed by atoms with van der Waals surface area (Å²) in [6, 6.07) is 7.83. The van der Waals surface area contributed by atoms with Crippen molar-refractivity contribution in [2.75, 3.05) is 7.11 Å². The smallest absolute Gasteiger partial charge is 0.337 e. The third-order valence-corrected chi connectivity index (χ3v) is 4.69. The second kappa shape index (κ2) is 7.08. The Morgan fingerprint density at radius 2 is 1.73 bits per heavy atom. The van der Waals surface area contributed by atoms with Gasteiger partial charge in [0.1, 0.15) is 0 Å². The number of methoxy groups -OCH3 is 1. The summed E-state index contributed by atoms with van der Waals surface area (Å²) in [6.45, 7) is 7.01. The maximum atomic E-state index is 11.4. The van der Waals surface area contributed by atoms with Crippen molar-refractivity contribution in [1.82, 2.24) is 0 Å². The standard InChI is InChI=1S/C19H27NO2/c1-19(2,3)16-9-11-17(12-10-16)20-13-14-5-7-15(8-6-14)18(21)22-4/h5-8,13,16-17H,9-12H2,1-4H3. The number of aliphatic imine (C=N–C) groups is 1. The molecule has 0 heterocycles. The average Bonchev–Trinajstić information content (AvgIpc) is 2.52. The van der Waals surface area contributed by atoms with E-state index in [1.54, 1.807) is 12.1 Å². The first kappa shape index (κ1) is 16.7. The van der Waals surface area contributed by atoms with Crippen LogP contribution in [-0.2, 0) is 4.74 Å². The molecule has 3 heteroatoms. The number of nitrogens with zero attached hydrogens (tertiary/aromatic N) is 1. The Kier molecular flexibility index (Phi) is 5.38. The molecule has 0 saturated heterocycles. The number of carbonyl (C=O) groups excluding carboxylic acids is 1. The van der Waals surface area contributed by atoms with Crippen molar-refractivity contribution >= 4 is 12.2 Å². The number of benzene rings is 1.